The van der Waals surface area contributed by atoms with Crippen molar-refractivity contribution in [1.82, 2.24) is 0 Å². The average Bonchev–Trinajstić information content (AvgIpc) is 2.39. The molecule has 4 nitrogen and oxygen atoms in total. The third-order valence-electron chi connectivity index (χ3n) is 2.78. The van der Waals surface area contributed by atoms with Crippen LogP contribution < -0.4 is 10.5 Å². The topological polar surface area (TPSA) is 53.7 Å². The quantitative estimate of drug-likeness (QED) is 0.698. The molecule has 0 fully saturated rings. The molecule has 0 heterocycles. The predicted molar refractivity (Wildman–Crippen MR) is 76.6 cm³/mol. The summed E-state index contributed by atoms with van der Waals surface area (Å²) in [6, 6.07) is 6.04. The fourth-order valence-electron chi connectivity index (χ4n) is 1.77. The Morgan fingerprint density at radius 2 is 1.95 bits per heavy atom. The molecule has 0 amide bonds. The summed E-state index contributed by atoms with van der Waals surface area (Å²) in [6.07, 6.45) is 0.909. The van der Waals surface area contributed by atoms with Crippen LogP contribution in [0.2, 0.25) is 0 Å². The highest BCUT2D eigenvalue weighted by atomic mass is 16.5. The van der Waals surface area contributed by atoms with Crippen LogP contribution in [-0.2, 0) is 9.47 Å². The molecule has 0 aliphatic heterocycles. The highest BCUT2D eigenvalue weighted by Gasteiger charge is 2.08. The van der Waals surface area contributed by atoms with Crippen molar-refractivity contribution in [2.75, 3.05) is 33.5 Å². The van der Waals surface area contributed by atoms with Gasteiger partial charge >= 0.3 is 0 Å². The summed E-state index contributed by atoms with van der Waals surface area (Å²) >= 11 is 0. The molecule has 1 aromatic rings. The maximum absolute atomic E-state index is 5.94. The maximum atomic E-state index is 5.94. The van der Waals surface area contributed by atoms with E-state index in [1.165, 1.54) is 5.56 Å². The molecule has 0 spiro atoms. The Kier molecular flexibility index (Phi) is 7.48. The minimum absolute atomic E-state index is 0.0301. The molecule has 2 N–H and O–H groups in total. The number of ether oxygens (including phenoxy) is 3. The smallest absolute Gasteiger partial charge is 0.124 e. The van der Waals surface area contributed by atoms with Crippen molar-refractivity contribution < 1.29 is 14.2 Å². The van der Waals surface area contributed by atoms with Gasteiger partial charge in [0.2, 0.25) is 0 Å². The van der Waals surface area contributed by atoms with Crippen LogP contribution in [0.15, 0.2) is 18.2 Å². The van der Waals surface area contributed by atoms with E-state index in [0.717, 1.165) is 24.3 Å². The van der Waals surface area contributed by atoms with Crippen molar-refractivity contribution in [3.8, 4) is 5.75 Å². The minimum Gasteiger partial charge on any atom is -0.491 e. The summed E-state index contributed by atoms with van der Waals surface area (Å²) in [5.41, 5.74) is 8.17. The predicted octanol–water partition coefficient (Wildman–Crippen LogP) is 2.45. The molecule has 0 radical (unpaired) electrons. The van der Waals surface area contributed by atoms with Crippen LogP contribution in [0.3, 0.4) is 0 Å². The molecule has 1 aromatic carbocycles. The second-order valence-electron chi connectivity index (χ2n) is 4.64. The van der Waals surface area contributed by atoms with Gasteiger partial charge in [0.15, 0.2) is 0 Å². The summed E-state index contributed by atoms with van der Waals surface area (Å²) in [4.78, 5) is 0. The van der Waals surface area contributed by atoms with E-state index in [-0.39, 0.29) is 6.04 Å². The molecule has 4 heteroatoms. The van der Waals surface area contributed by atoms with E-state index in [2.05, 4.69) is 13.0 Å². The zero-order valence-electron chi connectivity index (χ0n) is 12.1. The van der Waals surface area contributed by atoms with Crippen LogP contribution in [0.5, 0.6) is 5.75 Å². The Balaban J connectivity index is 2.33. The molecule has 0 aliphatic carbocycles. The van der Waals surface area contributed by atoms with E-state index in [9.17, 15) is 0 Å². The number of benzene rings is 1. The fraction of sp³-hybridized carbons (Fsp3) is 0.600. The van der Waals surface area contributed by atoms with Gasteiger partial charge in [-0.25, -0.2) is 0 Å². The molecule has 19 heavy (non-hydrogen) atoms. The largest absolute Gasteiger partial charge is 0.491 e. The lowest BCUT2D eigenvalue weighted by Crippen LogP contribution is -2.12. The second-order valence-corrected chi connectivity index (χ2v) is 4.64. The summed E-state index contributed by atoms with van der Waals surface area (Å²) in [5, 5.41) is 0. The third kappa shape index (κ3) is 6.05. The first-order valence-corrected chi connectivity index (χ1v) is 6.70. The molecule has 1 atom stereocenters. The highest BCUT2D eigenvalue weighted by Crippen LogP contribution is 2.24. The van der Waals surface area contributed by atoms with Crippen LogP contribution in [0.25, 0.3) is 0 Å². The lowest BCUT2D eigenvalue weighted by Gasteiger charge is -2.15. The lowest BCUT2D eigenvalue weighted by atomic mass is 10.1. The first-order chi connectivity index (χ1) is 9.15. The monoisotopic (exact) mass is 267 g/mol. The lowest BCUT2D eigenvalue weighted by molar-refractivity contribution is 0.0803. The van der Waals surface area contributed by atoms with Crippen LogP contribution >= 0.6 is 0 Å². The van der Waals surface area contributed by atoms with Gasteiger partial charge in [-0.05, 0) is 26.3 Å². The normalized spacial score (nSPS) is 12.4. The van der Waals surface area contributed by atoms with Crippen LogP contribution in [-0.4, -0.2) is 33.5 Å². The number of methoxy groups -OCH3 is 1. The number of hydrogen-bond donors (Lipinski definition) is 1. The summed E-state index contributed by atoms with van der Waals surface area (Å²) in [7, 11) is 1.69. The van der Waals surface area contributed by atoms with E-state index in [0.29, 0.717) is 19.8 Å². The van der Waals surface area contributed by atoms with E-state index in [1.54, 1.807) is 7.11 Å². The average molecular weight is 267 g/mol. The van der Waals surface area contributed by atoms with Crippen molar-refractivity contribution in [2.24, 2.45) is 5.73 Å². The Bertz CT molecular complexity index is 366. The van der Waals surface area contributed by atoms with Gasteiger partial charge < -0.3 is 19.9 Å². The molecule has 0 aliphatic rings. The minimum atomic E-state index is -0.0301. The Morgan fingerprint density at radius 1 is 1.16 bits per heavy atom. The van der Waals surface area contributed by atoms with Gasteiger partial charge in [-0.3, -0.25) is 0 Å². The Morgan fingerprint density at radius 3 is 2.63 bits per heavy atom. The molecule has 0 saturated carbocycles. The van der Waals surface area contributed by atoms with Gasteiger partial charge in [0.1, 0.15) is 12.4 Å². The zero-order chi connectivity index (χ0) is 14.1. The molecular formula is C15H25NO3. The van der Waals surface area contributed by atoms with Gasteiger partial charge in [0.05, 0.1) is 6.61 Å². The summed E-state index contributed by atoms with van der Waals surface area (Å²) in [5.74, 6) is 0.848. The van der Waals surface area contributed by atoms with Gasteiger partial charge in [-0.2, -0.15) is 0 Å². The molecule has 0 aromatic heterocycles. The summed E-state index contributed by atoms with van der Waals surface area (Å²) in [6.45, 7) is 6.56. The third-order valence-corrected chi connectivity index (χ3v) is 2.78. The number of rotatable bonds is 9. The van der Waals surface area contributed by atoms with Crippen molar-refractivity contribution in [3.05, 3.63) is 29.3 Å². The van der Waals surface area contributed by atoms with E-state index in [4.69, 9.17) is 19.9 Å². The van der Waals surface area contributed by atoms with Gasteiger partial charge in [-0.1, -0.05) is 17.7 Å². The Hall–Kier alpha value is -1.10. The van der Waals surface area contributed by atoms with Crippen LogP contribution in [0, 0.1) is 6.92 Å². The number of hydrogen-bond acceptors (Lipinski definition) is 4. The first-order valence-electron chi connectivity index (χ1n) is 6.70. The molecular weight excluding hydrogens is 242 g/mol. The fourth-order valence-corrected chi connectivity index (χ4v) is 1.77. The van der Waals surface area contributed by atoms with E-state index >= 15 is 0 Å². The Labute approximate surface area is 115 Å². The van der Waals surface area contributed by atoms with E-state index in [1.807, 2.05) is 19.1 Å². The number of nitrogens with two attached hydrogens (primary N) is 1. The van der Waals surface area contributed by atoms with Crippen molar-refractivity contribution >= 4 is 0 Å². The van der Waals surface area contributed by atoms with Crippen molar-refractivity contribution in [1.29, 1.82) is 0 Å². The number of aryl methyl sites for hydroxylation is 1. The highest BCUT2D eigenvalue weighted by molar-refractivity contribution is 5.38. The maximum Gasteiger partial charge on any atom is 0.124 e. The van der Waals surface area contributed by atoms with Gasteiger partial charge in [-0.15, -0.1) is 0 Å². The molecule has 0 bridgehead atoms. The standard InChI is InChI=1S/C15H25NO3/c1-12-5-6-15(14(11-12)13(2)16)19-10-9-18-8-4-7-17-3/h5-6,11,13H,4,7-10,16H2,1-3H3. The summed E-state index contributed by atoms with van der Waals surface area (Å²) < 4.78 is 16.1. The van der Waals surface area contributed by atoms with Crippen molar-refractivity contribution in [2.45, 2.75) is 26.3 Å². The zero-order valence-corrected chi connectivity index (χ0v) is 12.1. The van der Waals surface area contributed by atoms with Crippen LogP contribution in [0.4, 0.5) is 0 Å². The van der Waals surface area contributed by atoms with Gasteiger partial charge in [0.25, 0.3) is 0 Å². The molecule has 0 saturated heterocycles. The molecule has 1 rings (SSSR count). The second kappa shape index (κ2) is 8.91. The molecule has 108 valence electrons. The van der Waals surface area contributed by atoms with Gasteiger partial charge in [0, 0.05) is 31.9 Å². The SMILES string of the molecule is COCCCOCCOc1ccc(C)cc1C(C)N. The first kappa shape index (κ1) is 16.0. The van der Waals surface area contributed by atoms with Crippen LogP contribution in [0.1, 0.15) is 30.5 Å². The van der Waals surface area contributed by atoms with E-state index < -0.39 is 0 Å². The van der Waals surface area contributed by atoms with Crippen molar-refractivity contribution in [3.63, 3.8) is 0 Å². The molecule has 1 unspecified atom stereocenters.